The van der Waals surface area contributed by atoms with Crippen LogP contribution in [0.1, 0.15) is 42.9 Å². The average Bonchev–Trinajstić information content (AvgIpc) is 2.82. The fraction of sp³-hybridized carbons (Fsp3) is 0.500. The van der Waals surface area contributed by atoms with Crippen molar-refractivity contribution in [2.75, 3.05) is 18.1 Å². The first kappa shape index (κ1) is 18.1. The molecular weight excluding hydrogens is 414 g/mol. The number of hydrogen-bond donors (Lipinski definition) is 0. The molecule has 2 aromatic rings. The van der Waals surface area contributed by atoms with E-state index in [-0.39, 0.29) is 5.41 Å². The average molecular weight is 437 g/mol. The first-order chi connectivity index (χ1) is 12.4. The molecule has 0 amide bonds. The summed E-state index contributed by atoms with van der Waals surface area (Å²) >= 11 is 9.67. The number of nitrogens with zero attached hydrogens (tertiary/aromatic N) is 3. The zero-order valence-corrected chi connectivity index (χ0v) is 17.5. The van der Waals surface area contributed by atoms with Crippen LogP contribution < -0.4 is 9.64 Å². The van der Waals surface area contributed by atoms with Crippen molar-refractivity contribution in [3.8, 4) is 5.75 Å². The van der Waals surface area contributed by atoms with Crippen molar-refractivity contribution in [3.05, 3.63) is 45.3 Å². The third-order valence-corrected chi connectivity index (χ3v) is 5.97. The lowest BCUT2D eigenvalue weighted by Crippen LogP contribution is -2.32. The van der Waals surface area contributed by atoms with Crippen LogP contribution in [-0.4, -0.2) is 23.1 Å². The predicted molar refractivity (Wildman–Crippen MR) is 108 cm³/mol. The van der Waals surface area contributed by atoms with Crippen molar-refractivity contribution >= 4 is 33.3 Å². The van der Waals surface area contributed by atoms with E-state index in [2.05, 4.69) is 40.7 Å². The molecule has 1 aliphatic heterocycles. The van der Waals surface area contributed by atoms with Gasteiger partial charge < -0.3 is 9.64 Å². The van der Waals surface area contributed by atoms with Crippen LogP contribution in [0.4, 0.5) is 5.82 Å². The van der Waals surface area contributed by atoms with Gasteiger partial charge in [0.25, 0.3) is 0 Å². The SMILES string of the molecule is CC1(C)CCc2nc(CCl)nc(N3CCOc4ccc(Br)cc4C3)c2C1. The molecule has 0 saturated heterocycles. The minimum atomic E-state index is 0.275. The van der Waals surface area contributed by atoms with Gasteiger partial charge in [0.2, 0.25) is 0 Å². The molecule has 6 heteroatoms. The van der Waals surface area contributed by atoms with Gasteiger partial charge in [-0.3, -0.25) is 0 Å². The number of aryl methyl sites for hydroxylation is 1. The summed E-state index contributed by atoms with van der Waals surface area (Å²) < 4.78 is 7.03. The molecule has 1 aromatic heterocycles. The second kappa shape index (κ2) is 7.01. The summed E-state index contributed by atoms with van der Waals surface area (Å²) in [6.45, 7) is 6.88. The largest absolute Gasteiger partial charge is 0.491 e. The molecule has 0 N–H and O–H groups in total. The summed E-state index contributed by atoms with van der Waals surface area (Å²) in [6.07, 6.45) is 3.15. The standard InChI is InChI=1S/C20H23BrClN3O/c1-20(2)6-5-16-15(10-20)19(24-18(11-22)23-16)25-7-8-26-17-4-3-14(21)9-13(17)12-25/h3-4,9H,5-8,10-12H2,1-2H3. The first-order valence-electron chi connectivity index (χ1n) is 9.06. The number of anilines is 1. The lowest BCUT2D eigenvalue weighted by molar-refractivity contribution is 0.310. The third kappa shape index (κ3) is 3.56. The number of halogens is 2. The lowest BCUT2D eigenvalue weighted by Gasteiger charge is -2.34. The van der Waals surface area contributed by atoms with Crippen LogP contribution in [0.15, 0.2) is 22.7 Å². The van der Waals surface area contributed by atoms with Crippen LogP contribution in [0.3, 0.4) is 0 Å². The summed E-state index contributed by atoms with van der Waals surface area (Å²) in [7, 11) is 0. The highest BCUT2D eigenvalue weighted by molar-refractivity contribution is 9.10. The minimum absolute atomic E-state index is 0.275. The maximum atomic E-state index is 6.10. The Bertz CT molecular complexity index is 840. The normalized spacial score (nSPS) is 18.5. The molecule has 0 spiro atoms. The molecule has 1 aromatic carbocycles. The van der Waals surface area contributed by atoms with Crippen LogP contribution in [0.25, 0.3) is 0 Å². The van der Waals surface area contributed by atoms with Crippen LogP contribution in [-0.2, 0) is 25.3 Å². The highest BCUT2D eigenvalue weighted by atomic mass is 79.9. The zero-order valence-electron chi connectivity index (χ0n) is 15.2. The number of fused-ring (bicyclic) bond motifs is 2. The van der Waals surface area contributed by atoms with Gasteiger partial charge in [-0.1, -0.05) is 29.8 Å². The van der Waals surface area contributed by atoms with Crippen LogP contribution in [0.5, 0.6) is 5.75 Å². The lowest BCUT2D eigenvalue weighted by atomic mass is 9.76. The van der Waals surface area contributed by atoms with Crippen molar-refractivity contribution in [1.29, 1.82) is 0 Å². The maximum Gasteiger partial charge on any atom is 0.145 e. The Morgan fingerprint density at radius 3 is 2.96 bits per heavy atom. The van der Waals surface area contributed by atoms with Crippen molar-refractivity contribution in [2.45, 2.75) is 45.5 Å². The molecule has 0 atom stereocenters. The summed E-state index contributed by atoms with van der Waals surface area (Å²) in [5.41, 5.74) is 3.90. The number of hydrogen-bond acceptors (Lipinski definition) is 4. The van der Waals surface area contributed by atoms with Crippen LogP contribution in [0, 0.1) is 5.41 Å². The summed E-state index contributed by atoms with van der Waals surface area (Å²) in [5, 5.41) is 0. The van der Waals surface area contributed by atoms with E-state index in [9.17, 15) is 0 Å². The Labute approximate surface area is 168 Å². The van der Waals surface area contributed by atoms with Gasteiger partial charge >= 0.3 is 0 Å². The molecule has 4 nitrogen and oxygen atoms in total. The van der Waals surface area contributed by atoms with E-state index in [1.165, 1.54) is 16.8 Å². The summed E-state index contributed by atoms with van der Waals surface area (Å²) in [6, 6.07) is 6.19. The van der Waals surface area contributed by atoms with Gasteiger partial charge in [-0.25, -0.2) is 9.97 Å². The topological polar surface area (TPSA) is 38.2 Å². The van der Waals surface area contributed by atoms with Gasteiger partial charge in [-0.05, 0) is 42.9 Å². The monoisotopic (exact) mass is 435 g/mol. The summed E-state index contributed by atoms with van der Waals surface area (Å²) in [5.74, 6) is 3.06. The van der Waals surface area contributed by atoms with Gasteiger partial charge in [0.15, 0.2) is 0 Å². The smallest absolute Gasteiger partial charge is 0.145 e. The first-order valence-corrected chi connectivity index (χ1v) is 10.4. The van der Waals surface area contributed by atoms with Gasteiger partial charge in [0, 0.05) is 27.8 Å². The van der Waals surface area contributed by atoms with E-state index < -0.39 is 0 Å². The fourth-order valence-corrected chi connectivity index (χ4v) is 4.37. The minimum Gasteiger partial charge on any atom is -0.491 e. The Hall–Kier alpha value is -1.33. The van der Waals surface area contributed by atoms with Crippen LogP contribution in [0.2, 0.25) is 0 Å². The third-order valence-electron chi connectivity index (χ3n) is 5.23. The molecule has 0 radical (unpaired) electrons. The number of benzene rings is 1. The highest BCUT2D eigenvalue weighted by Crippen LogP contribution is 2.39. The molecule has 1 aliphatic carbocycles. The molecular formula is C20H23BrClN3O. The molecule has 0 bridgehead atoms. The van der Waals surface area contributed by atoms with Gasteiger partial charge in [-0.2, -0.15) is 0 Å². The van der Waals surface area contributed by atoms with E-state index in [4.69, 9.17) is 26.3 Å². The molecule has 0 unspecified atom stereocenters. The van der Waals surface area contributed by atoms with Crippen molar-refractivity contribution in [3.63, 3.8) is 0 Å². The van der Waals surface area contributed by atoms with Gasteiger partial charge in [-0.15, -0.1) is 11.6 Å². The van der Waals surface area contributed by atoms with Gasteiger partial charge in [0.1, 0.15) is 24.0 Å². The number of ether oxygens (including phenoxy) is 1. The Balaban J connectivity index is 1.77. The van der Waals surface area contributed by atoms with E-state index in [0.717, 1.165) is 54.2 Å². The second-order valence-corrected chi connectivity index (χ2v) is 9.07. The predicted octanol–water partition coefficient (Wildman–Crippen LogP) is 4.89. The Morgan fingerprint density at radius 1 is 1.31 bits per heavy atom. The maximum absolute atomic E-state index is 6.10. The highest BCUT2D eigenvalue weighted by Gasteiger charge is 2.31. The molecule has 138 valence electrons. The molecule has 0 fully saturated rings. The van der Waals surface area contributed by atoms with E-state index in [1.807, 2.05) is 12.1 Å². The molecule has 2 aliphatic rings. The van der Waals surface area contributed by atoms with Crippen molar-refractivity contribution < 1.29 is 4.74 Å². The van der Waals surface area contributed by atoms with E-state index in [0.29, 0.717) is 12.5 Å². The molecule has 4 rings (SSSR count). The second-order valence-electron chi connectivity index (χ2n) is 7.89. The Kier molecular flexibility index (Phi) is 4.86. The van der Waals surface area contributed by atoms with E-state index >= 15 is 0 Å². The number of alkyl halides is 1. The Morgan fingerprint density at radius 2 is 2.15 bits per heavy atom. The molecule has 0 saturated carbocycles. The van der Waals surface area contributed by atoms with Crippen LogP contribution >= 0.6 is 27.5 Å². The van der Waals surface area contributed by atoms with Crippen molar-refractivity contribution in [2.24, 2.45) is 5.41 Å². The van der Waals surface area contributed by atoms with Crippen molar-refractivity contribution in [1.82, 2.24) is 9.97 Å². The molecule has 26 heavy (non-hydrogen) atoms. The summed E-state index contributed by atoms with van der Waals surface area (Å²) in [4.78, 5) is 11.9. The number of rotatable bonds is 2. The zero-order chi connectivity index (χ0) is 18.3. The fourth-order valence-electron chi connectivity index (χ4n) is 3.84. The van der Waals surface area contributed by atoms with Gasteiger partial charge in [0.05, 0.1) is 12.4 Å². The van der Waals surface area contributed by atoms with E-state index in [1.54, 1.807) is 0 Å². The quantitative estimate of drug-likeness (QED) is 0.628. The molecule has 2 heterocycles. The number of aromatic nitrogens is 2.